The van der Waals surface area contributed by atoms with E-state index in [0.29, 0.717) is 12.1 Å². The monoisotopic (exact) mass is 715 g/mol. The number of aliphatic hydroxyl groups excluding tert-OH is 1. The molecule has 0 aliphatic carbocycles. The number of fused-ring (bicyclic) bond motifs is 1. The van der Waals surface area contributed by atoms with E-state index in [2.05, 4.69) is 21.5 Å². The first-order valence-electron chi connectivity index (χ1n) is 17.9. The highest BCUT2D eigenvalue weighted by atomic mass is 16.5. The van der Waals surface area contributed by atoms with E-state index in [4.69, 9.17) is 10.5 Å². The van der Waals surface area contributed by atoms with Crippen LogP contribution in [-0.4, -0.2) is 70.8 Å². The molecule has 13 heteroatoms. The van der Waals surface area contributed by atoms with Gasteiger partial charge in [-0.25, -0.2) is 10.2 Å². The Balaban J connectivity index is 1.63. The van der Waals surface area contributed by atoms with Crippen LogP contribution in [0, 0.1) is 5.92 Å². The van der Waals surface area contributed by atoms with E-state index in [1.54, 1.807) is 13.1 Å². The van der Waals surface area contributed by atoms with Crippen molar-refractivity contribution in [2.24, 2.45) is 11.7 Å². The van der Waals surface area contributed by atoms with Crippen LogP contribution in [0.2, 0.25) is 0 Å². The van der Waals surface area contributed by atoms with Gasteiger partial charge >= 0.3 is 6.09 Å². The lowest BCUT2D eigenvalue weighted by molar-refractivity contribution is -0.129. The first-order valence-corrected chi connectivity index (χ1v) is 17.9. The fraction of sp³-hybridized carbons (Fsp3) is 0.436. The summed E-state index contributed by atoms with van der Waals surface area (Å²) >= 11 is 0. The Morgan fingerprint density at radius 3 is 2.31 bits per heavy atom. The van der Waals surface area contributed by atoms with Crippen molar-refractivity contribution in [3.63, 3.8) is 0 Å². The Morgan fingerprint density at radius 2 is 1.62 bits per heavy atom. The number of rotatable bonds is 17. The molecule has 52 heavy (non-hydrogen) atoms. The number of carbonyl (C=O) groups is 4. The molecule has 1 aliphatic rings. The van der Waals surface area contributed by atoms with E-state index in [9.17, 15) is 24.3 Å². The molecule has 5 atom stereocenters. The van der Waals surface area contributed by atoms with Gasteiger partial charge in [0.1, 0.15) is 19.3 Å². The fourth-order valence-electron chi connectivity index (χ4n) is 5.88. The Bertz CT molecular complexity index is 1690. The minimum absolute atomic E-state index is 0.0169. The predicted molar refractivity (Wildman–Crippen MR) is 201 cm³/mol. The highest BCUT2D eigenvalue weighted by molar-refractivity contribution is 5.96. The van der Waals surface area contributed by atoms with Crippen molar-refractivity contribution in [3.8, 4) is 0 Å². The summed E-state index contributed by atoms with van der Waals surface area (Å²) in [6, 6.07) is 20.1. The second-order valence-electron chi connectivity index (χ2n) is 13.8. The van der Waals surface area contributed by atoms with Crippen LogP contribution in [0.4, 0.5) is 10.5 Å². The van der Waals surface area contributed by atoms with Gasteiger partial charge in [-0.05, 0) is 49.6 Å². The maximum Gasteiger partial charge on any atom is 0.408 e. The fourth-order valence-corrected chi connectivity index (χ4v) is 5.88. The van der Waals surface area contributed by atoms with E-state index in [-0.39, 0.29) is 44.0 Å². The largest absolute Gasteiger partial charge is 0.445 e. The number of anilines is 1. The van der Waals surface area contributed by atoms with Crippen LogP contribution in [0.5, 0.6) is 0 Å². The molecular weight excluding hydrogens is 662 g/mol. The summed E-state index contributed by atoms with van der Waals surface area (Å²) in [6.45, 7) is 9.53. The van der Waals surface area contributed by atoms with Gasteiger partial charge in [-0.15, -0.1) is 0 Å². The molecule has 0 fully saturated rings. The zero-order valence-corrected chi connectivity index (χ0v) is 30.7. The van der Waals surface area contributed by atoms with E-state index >= 15 is 0 Å². The van der Waals surface area contributed by atoms with E-state index in [0.717, 1.165) is 28.4 Å². The molecule has 0 saturated heterocycles. The molecule has 4 amide bonds. The topological polar surface area (TPSA) is 178 Å². The van der Waals surface area contributed by atoms with Gasteiger partial charge in [-0.3, -0.25) is 24.7 Å². The van der Waals surface area contributed by atoms with Crippen LogP contribution in [0.1, 0.15) is 65.9 Å². The number of aliphatic hydroxyl groups is 1. The third-order valence-corrected chi connectivity index (χ3v) is 8.89. The number of nitrogens with one attached hydrogen (secondary N) is 4. The lowest BCUT2D eigenvalue weighted by atomic mass is 9.96. The number of carbonyl (C=O) groups excluding carboxylic acids is 4. The molecular formula is C39H53N7O6. The van der Waals surface area contributed by atoms with Crippen molar-refractivity contribution >= 4 is 40.3 Å². The van der Waals surface area contributed by atoms with Crippen LogP contribution < -0.4 is 32.1 Å². The first kappa shape index (κ1) is 39.8. The van der Waals surface area contributed by atoms with E-state index in [1.165, 1.54) is 4.90 Å². The average molecular weight is 716 g/mol. The lowest BCUT2D eigenvalue weighted by Crippen LogP contribution is -2.54. The van der Waals surface area contributed by atoms with Gasteiger partial charge in [-0.1, -0.05) is 87.5 Å². The zero-order valence-electron chi connectivity index (χ0n) is 30.7. The average Bonchev–Trinajstić information content (AvgIpc) is 3.55. The number of ether oxygens (including phenoxy) is 1. The second-order valence-corrected chi connectivity index (χ2v) is 13.8. The van der Waals surface area contributed by atoms with Gasteiger partial charge < -0.3 is 31.1 Å². The van der Waals surface area contributed by atoms with Gasteiger partial charge in [0.15, 0.2) is 0 Å². The van der Waals surface area contributed by atoms with Crippen LogP contribution in [-0.2, 0) is 25.7 Å². The Hall–Kier alpha value is -4.98. The minimum Gasteiger partial charge on any atom is -0.445 e. The third kappa shape index (κ3) is 11.3. The summed E-state index contributed by atoms with van der Waals surface area (Å²) in [7, 11) is 0. The zero-order chi connectivity index (χ0) is 37.8. The molecule has 3 aromatic rings. The first-order chi connectivity index (χ1) is 24.9. The Labute approximate surface area is 305 Å². The molecule has 1 unspecified atom stereocenters. The Morgan fingerprint density at radius 1 is 0.923 bits per heavy atom. The van der Waals surface area contributed by atoms with Gasteiger partial charge in [-0.2, -0.15) is 0 Å². The SMILES string of the molecule is CCC(C)NNC(=O)C[C@H](O)[C@H](CC(C)C)NC(=O)[C@H](CC1=CN(C(=O)[C@H](C)N)CN1c1cccc2ccccc12)NC(=O)OCc1ccccc1. The number of benzene rings is 3. The number of hydrogen-bond acceptors (Lipinski definition) is 9. The molecule has 4 rings (SSSR count). The summed E-state index contributed by atoms with van der Waals surface area (Å²) in [5, 5.41) is 18.8. The molecule has 280 valence electrons. The number of alkyl carbamates (subject to hydrolysis) is 1. The highest BCUT2D eigenvalue weighted by Gasteiger charge is 2.34. The number of amides is 4. The summed E-state index contributed by atoms with van der Waals surface area (Å²) in [5.74, 6) is -1.26. The van der Waals surface area contributed by atoms with Gasteiger partial charge in [0, 0.05) is 29.7 Å². The Kier molecular flexibility index (Phi) is 14.6. The number of nitrogens with two attached hydrogens (primary N) is 1. The molecule has 1 heterocycles. The van der Waals surface area contributed by atoms with Crippen LogP contribution >= 0.6 is 0 Å². The molecule has 0 bridgehead atoms. The van der Waals surface area contributed by atoms with Crippen LogP contribution in [0.25, 0.3) is 10.8 Å². The van der Waals surface area contributed by atoms with E-state index < -0.39 is 42.1 Å². The molecule has 7 N–H and O–H groups in total. The summed E-state index contributed by atoms with van der Waals surface area (Å²) in [6.07, 6.45) is 0.481. The van der Waals surface area contributed by atoms with Gasteiger partial charge in [0.2, 0.25) is 17.7 Å². The lowest BCUT2D eigenvalue weighted by Gasteiger charge is -2.30. The minimum atomic E-state index is -1.22. The molecule has 3 aromatic carbocycles. The number of nitrogens with zero attached hydrogens (tertiary/aromatic N) is 2. The van der Waals surface area contributed by atoms with Gasteiger partial charge in [0.05, 0.1) is 30.3 Å². The van der Waals surface area contributed by atoms with Crippen molar-refractivity contribution in [1.82, 2.24) is 26.4 Å². The maximum absolute atomic E-state index is 14.2. The molecule has 0 spiro atoms. The van der Waals surface area contributed by atoms with Crippen molar-refractivity contribution < 1.29 is 29.0 Å². The number of hydrazine groups is 1. The molecule has 1 aliphatic heterocycles. The van der Waals surface area contributed by atoms with Crippen LogP contribution in [0.3, 0.4) is 0 Å². The van der Waals surface area contributed by atoms with E-state index in [1.807, 2.05) is 105 Å². The molecule has 0 saturated carbocycles. The van der Waals surface area contributed by atoms with Crippen molar-refractivity contribution in [1.29, 1.82) is 0 Å². The van der Waals surface area contributed by atoms with Gasteiger partial charge in [0.25, 0.3) is 0 Å². The normalized spacial score (nSPS) is 15.7. The summed E-state index contributed by atoms with van der Waals surface area (Å²) in [4.78, 5) is 56.7. The third-order valence-electron chi connectivity index (χ3n) is 8.89. The molecule has 13 nitrogen and oxygen atoms in total. The standard InChI is InChI=1S/C39H53N7O6/c1-6-26(4)43-44-36(48)21-35(47)32(19-25(2)3)41-37(49)33(42-39(51)52-23-28-13-8-7-9-14-28)20-30-22-45(38(50)27(5)40)24-46(30)34-18-12-16-29-15-10-11-17-31(29)34/h7-18,22,25-27,32-33,35,43,47H,6,19-21,23-24,40H2,1-5H3,(H,41,49)(H,42,51)(H,44,48)/t26?,27-,32-,33-,35-/m0/s1. The molecule has 0 radical (unpaired) electrons. The predicted octanol–water partition coefficient (Wildman–Crippen LogP) is 4.02. The van der Waals surface area contributed by atoms with Crippen molar-refractivity contribution in [2.75, 3.05) is 11.6 Å². The smallest absolute Gasteiger partial charge is 0.408 e. The number of hydrogen-bond donors (Lipinski definition) is 6. The van der Waals surface area contributed by atoms with Crippen molar-refractivity contribution in [2.45, 2.75) is 97.2 Å². The highest BCUT2D eigenvalue weighted by Crippen LogP contribution is 2.34. The van der Waals surface area contributed by atoms with Crippen LogP contribution in [0.15, 0.2) is 84.7 Å². The summed E-state index contributed by atoms with van der Waals surface area (Å²) in [5.41, 5.74) is 13.7. The maximum atomic E-state index is 14.2. The molecule has 0 aromatic heterocycles. The summed E-state index contributed by atoms with van der Waals surface area (Å²) < 4.78 is 5.50. The quantitative estimate of drug-likeness (QED) is 0.113. The van der Waals surface area contributed by atoms with Crippen molar-refractivity contribution in [3.05, 3.63) is 90.3 Å². The second kappa shape index (κ2) is 19.0.